The SMILES string of the molecule is CCCC(CC)NC(c1cccs1)c1nccn1C. The number of nitrogens with one attached hydrogen (secondary N) is 1. The molecule has 0 aliphatic rings. The van der Waals surface area contributed by atoms with Gasteiger partial charge in [-0.25, -0.2) is 4.98 Å². The van der Waals surface area contributed by atoms with Crippen LogP contribution in [0.25, 0.3) is 0 Å². The number of hydrogen-bond acceptors (Lipinski definition) is 3. The normalized spacial score (nSPS) is 14.5. The summed E-state index contributed by atoms with van der Waals surface area (Å²) < 4.78 is 2.11. The first-order chi connectivity index (χ1) is 9.26. The summed E-state index contributed by atoms with van der Waals surface area (Å²) in [5.41, 5.74) is 0. The molecule has 0 amide bonds. The maximum absolute atomic E-state index is 4.53. The molecule has 0 fully saturated rings. The summed E-state index contributed by atoms with van der Waals surface area (Å²) in [6.07, 6.45) is 7.46. The van der Waals surface area contributed by atoms with Crippen molar-refractivity contribution in [3.05, 3.63) is 40.6 Å². The average Bonchev–Trinajstić information content (AvgIpc) is 3.06. The quantitative estimate of drug-likeness (QED) is 0.835. The van der Waals surface area contributed by atoms with E-state index < -0.39 is 0 Å². The van der Waals surface area contributed by atoms with Crippen LogP contribution in [0.3, 0.4) is 0 Å². The smallest absolute Gasteiger partial charge is 0.131 e. The minimum Gasteiger partial charge on any atom is -0.336 e. The third-order valence-corrected chi connectivity index (χ3v) is 4.41. The lowest BCUT2D eigenvalue weighted by molar-refractivity contribution is 0.419. The van der Waals surface area contributed by atoms with E-state index in [1.807, 2.05) is 12.4 Å². The number of aromatic nitrogens is 2. The predicted octanol–water partition coefficient (Wildman–Crippen LogP) is 3.74. The van der Waals surface area contributed by atoms with Crippen molar-refractivity contribution in [2.45, 2.75) is 45.2 Å². The molecule has 19 heavy (non-hydrogen) atoms. The summed E-state index contributed by atoms with van der Waals surface area (Å²) in [4.78, 5) is 5.86. The molecular formula is C15H23N3S. The molecule has 3 nitrogen and oxygen atoms in total. The van der Waals surface area contributed by atoms with Crippen LogP contribution in [0, 0.1) is 0 Å². The van der Waals surface area contributed by atoms with Crippen LogP contribution in [0.1, 0.15) is 49.9 Å². The minimum atomic E-state index is 0.205. The average molecular weight is 277 g/mol. The van der Waals surface area contributed by atoms with Gasteiger partial charge < -0.3 is 9.88 Å². The van der Waals surface area contributed by atoms with Crippen molar-refractivity contribution >= 4 is 11.3 Å². The molecule has 0 saturated carbocycles. The lowest BCUT2D eigenvalue weighted by Gasteiger charge is -2.24. The number of imidazole rings is 1. The Morgan fingerprint density at radius 3 is 2.79 bits per heavy atom. The summed E-state index contributed by atoms with van der Waals surface area (Å²) in [6.45, 7) is 4.49. The second-order valence-corrected chi connectivity index (χ2v) is 5.88. The number of nitrogens with zero attached hydrogens (tertiary/aromatic N) is 2. The lowest BCUT2D eigenvalue weighted by Crippen LogP contribution is -2.34. The van der Waals surface area contributed by atoms with Gasteiger partial charge in [-0.15, -0.1) is 11.3 Å². The molecule has 2 unspecified atom stereocenters. The van der Waals surface area contributed by atoms with Gasteiger partial charge in [0.2, 0.25) is 0 Å². The number of aryl methyl sites for hydroxylation is 1. The van der Waals surface area contributed by atoms with Gasteiger partial charge in [-0.3, -0.25) is 0 Å². The molecule has 0 radical (unpaired) electrons. The maximum atomic E-state index is 4.53. The molecule has 2 rings (SSSR count). The van der Waals surface area contributed by atoms with Gasteiger partial charge in [0.25, 0.3) is 0 Å². The number of hydrogen-bond donors (Lipinski definition) is 1. The van der Waals surface area contributed by atoms with Crippen molar-refractivity contribution in [1.82, 2.24) is 14.9 Å². The van der Waals surface area contributed by atoms with E-state index in [1.54, 1.807) is 11.3 Å². The Labute approximate surface area is 119 Å². The molecule has 0 spiro atoms. The van der Waals surface area contributed by atoms with Crippen LogP contribution in [0.2, 0.25) is 0 Å². The van der Waals surface area contributed by atoms with E-state index in [0.29, 0.717) is 6.04 Å². The van der Waals surface area contributed by atoms with Crippen molar-refractivity contribution in [1.29, 1.82) is 0 Å². The summed E-state index contributed by atoms with van der Waals surface area (Å²) in [5.74, 6) is 1.09. The first-order valence-electron chi connectivity index (χ1n) is 7.02. The van der Waals surface area contributed by atoms with Crippen LogP contribution in [0.5, 0.6) is 0 Å². The molecule has 2 atom stereocenters. The van der Waals surface area contributed by atoms with E-state index in [4.69, 9.17) is 0 Å². The highest BCUT2D eigenvalue weighted by Crippen LogP contribution is 2.26. The zero-order valence-corrected chi connectivity index (χ0v) is 12.8. The summed E-state index contributed by atoms with van der Waals surface area (Å²) in [5, 5.41) is 5.91. The molecule has 4 heteroatoms. The zero-order chi connectivity index (χ0) is 13.7. The monoisotopic (exact) mass is 277 g/mol. The van der Waals surface area contributed by atoms with Crippen LogP contribution in [-0.2, 0) is 7.05 Å². The predicted molar refractivity (Wildman–Crippen MR) is 81.5 cm³/mol. The van der Waals surface area contributed by atoms with Crippen molar-refractivity contribution in [3.63, 3.8) is 0 Å². The Kier molecular flexibility index (Phi) is 5.16. The van der Waals surface area contributed by atoms with Crippen molar-refractivity contribution in [2.75, 3.05) is 0 Å². The molecule has 0 saturated heterocycles. The Balaban J connectivity index is 2.23. The molecular weight excluding hydrogens is 254 g/mol. The van der Waals surface area contributed by atoms with E-state index in [1.165, 1.54) is 17.7 Å². The molecule has 0 bridgehead atoms. The molecule has 2 heterocycles. The van der Waals surface area contributed by atoms with Crippen LogP contribution >= 0.6 is 11.3 Å². The first-order valence-corrected chi connectivity index (χ1v) is 7.90. The molecule has 0 aliphatic carbocycles. The lowest BCUT2D eigenvalue weighted by atomic mass is 10.1. The molecule has 2 aromatic heterocycles. The summed E-state index contributed by atoms with van der Waals surface area (Å²) in [6, 6.07) is 5.05. The van der Waals surface area contributed by atoms with Crippen LogP contribution in [-0.4, -0.2) is 15.6 Å². The standard InChI is InChI=1S/C15H23N3S/c1-4-7-12(5-2)17-14(13-8-6-11-19-13)15-16-9-10-18(15)3/h6,8-12,14,17H,4-5,7H2,1-3H3. The van der Waals surface area contributed by atoms with Gasteiger partial charge in [0.1, 0.15) is 11.9 Å². The largest absolute Gasteiger partial charge is 0.336 e. The second kappa shape index (κ2) is 6.87. The fourth-order valence-electron chi connectivity index (χ4n) is 2.38. The first kappa shape index (κ1) is 14.3. The van der Waals surface area contributed by atoms with Gasteiger partial charge >= 0.3 is 0 Å². The highest BCUT2D eigenvalue weighted by atomic mass is 32.1. The molecule has 1 N–H and O–H groups in total. The van der Waals surface area contributed by atoms with Gasteiger partial charge in [0.05, 0.1) is 0 Å². The third kappa shape index (κ3) is 3.45. The topological polar surface area (TPSA) is 29.9 Å². The number of rotatable bonds is 7. The van der Waals surface area contributed by atoms with Gasteiger partial charge in [-0.05, 0) is 24.3 Å². The van der Waals surface area contributed by atoms with E-state index in [0.717, 1.165) is 12.2 Å². The fraction of sp³-hybridized carbons (Fsp3) is 0.533. The molecule has 104 valence electrons. The Hall–Kier alpha value is -1.13. The summed E-state index contributed by atoms with van der Waals surface area (Å²) >= 11 is 1.79. The fourth-order valence-corrected chi connectivity index (χ4v) is 3.17. The molecule has 0 aromatic carbocycles. The van der Waals surface area contributed by atoms with Crippen molar-refractivity contribution in [2.24, 2.45) is 7.05 Å². The molecule has 2 aromatic rings. The van der Waals surface area contributed by atoms with Gasteiger partial charge in [0, 0.05) is 30.4 Å². The Morgan fingerprint density at radius 1 is 1.42 bits per heavy atom. The van der Waals surface area contributed by atoms with Crippen molar-refractivity contribution < 1.29 is 0 Å². The van der Waals surface area contributed by atoms with E-state index >= 15 is 0 Å². The van der Waals surface area contributed by atoms with E-state index in [2.05, 4.69) is 53.3 Å². The molecule has 0 aliphatic heterocycles. The van der Waals surface area contributed by atoms with Crippen LogP contribution in [0.15, 0.2) is 29.9 Å². The summed E-state index contributed by atoms with van der Waals surface area (Å²) in [7, 11) is 2.06. The van der Waals surface area contributed by atoms with Crippen LogP contribution in [0.4, 0.5) is 0 Å². The van der Waals surface area contributed by atoms with Gasteiger partial charge in [0.15, 0.2) is 0 Å². The van der Waals surface area contributed by atoms with Crippen molar-refractivity contribution in [3.8, 4) is 0 Å². The van der Waals surface area contributed by atoms with Crippen LogP contribution < -0.4 is 5.32 Å². The maximum Gasteiger partial charge on any atom is 0.131 e. The highest BCUT2D eigenvalue weighted by Gasteiger charge is 2.21. The Morgan fingerprint density at radius 2 is 2.26 bits per heavy atom. The second-order valence-electron chi connectivity index (χ2n) is 4.91. The third-order valence-electron chi connectivity index (χ3n) is 3.48. The highest BCUT2D eigenvalue weighted by molar-refractivity contribution is 7.10. The van der Waals surface area contributed by atoms with E-state index in [-0.39, 0.29) is 6.04 Å². The van der Waals surface area contributed by atoms with Gasteiger partial charge in [-0.1, -0.05) is 26.3 Å². The number of thiophene rings is 1. The van der Waals surface area contributed by atoms with E-state index in [9.17, 15) is 0 Å². The minimum absolute atomic E-state index is 0.205. The van der Waals surface area contributed by atoms with Gasteiger partial charge in [-0.2, -0.15) is 0 Å². The Bertz CT molecular complexity index is 475. The zero-order valence-electron chi connectivity index (χ0n) is 12.0.